The summed E-state index contributed by atoms with van der Waals surface area (Å²) < 4.78 is 26.3. The van der Waals surface area contributed by atoms with E-state index in [2.05, 4.69) is 15.1 Å². The second-order valence-electron chi connectivity index (χ2n) is 7.46. The molecule has 1 aliphatic rings. The van der Waals surface area contributed by atoms with Gasteiger partial charge in [-0.1, -0.05) is 11.8 Å². The lowest BCUT2D eigenvalue weighted by Gasteiger charge is -2.27. The molecule has 11 heteroatoms. The third-order valence-corrected chi connectivity index (χ3v) is 6.41. The Bertz CT molecular complexity index is 1100. The van der Waals surface area contributed by atoms with Crippen molar-refractivity contribution < 1.29 is 18.8 Å². The van der Waals surface area contributed by atoms with Gasteiger partial charge in [-0.2, -0.15) is 0 Å². The lowest BCUT2D eigenvalue weighted by Crippen LogP contribution is -2.38. The molecule has 1 saturated heterocycles. The molecule has 0 radical (unpaired) electrons. The van der Waals surface area contributed by atoms with E-state index < -0.39 is 4.92 Å². The van der Waals surface area contributed by atoms with Crippen LogP contribution < -0.4 is 4.74 Å². The predicted octanol–water partition coefficient (Wildman–Crippen LogP) is 3.63. The van der Waals surface area contributed by atoms with Gasteiger partial charge in [0.1, 0.15) is 11.6 Å². The topological polar surface area (TPSA) is 95.6 Å². The van der Waals surface area contributed by atoms with Gasteiger partial charge in [0.05, 0.1) is 25.2 Å². The van der Waals surface area contributed by atoms with Gasteiger partial charge in [-0.05, 0) is 30.3 Å². The highest BCUT2D eigenvalue weighted by molar-refractivity contribution is 7.98. The van der Waals surface area contributed by atoms with E-state index in [1.54, 1.807) is 18.2 Å². The number of nitrogens with zero attached hydrogens (tertiary/aromatic N) is 5. The van der Waals surface area contributed by atoms with Gasteiger partial charge in [-0.3, -0.25) is 15.0 Å². The molecule has 0 aliphatic carbocycles. The zero-order valence-electron chi connectivity index (χ0n) is 18.1. The highest BCUT2D eigenvalue weighted by atomic mass is 32.2. The number of hydrogen-bond acceptors (Lipinski definition) is 8. The van der Waals surface area contributed by atoms with Gasteiger partial charge >= 0.3 is 0 Å². The summed E-state index contributed by atoms with van der Waals surface area (Å²) in [6.07, 6.45) is 0. The summed E-state index contributed by atoms with van der Waals surface area (Å²) >= 11 is 1.42. The minimum atomic E-state index is -0.426. The van der Waals surface area contributed by atoms with Gasteiger partial charge in [0.25, 0.3) is 5.69 Å². The summed E-state index contributed by atoms with van der Waals surface area (Å²) in [4.78, 5) is 13.1. The normalized spacial score (nSPS) is 14.4. The zero-order valence-corrected chi connectivity index (χ0v) is 19.0. The number of nitro groups is 1. The molecule has 2 aromatic carbocycles. The number of methoxy groups -OCH3 is 1. The van der Waals surface area contributed by atoms with Gasteiger partial charge in [0, 0.05) is 55.2 Å². The van der Waals surface area contributed by atoms with Gasteiger partial charge < -0.3 is 14.0 Å². The van der Waals surface area contributed by atoms with E-state index in [0.717, 1.165) is 25.2 Å². The number of ether oxygens (including phenoxy) is 2. The second-order valence-corrected chi connectivity index (χ2v) is 8.40. The highest BCUT2D eigenvalue weighted by Gasteiger charge is 2.19. The maximum absolute atomic E-state index is 13.4. The van der Waals surface area contributed by atoms with E-state index in [1.807, 2.05) is 4.57 Å². The number of rotatable bonds is 9. The predicted molar refractivity (Wildman–Crippen MR) is 122 cm³/mol. The average Bonchev–Trinajstić information content (AvgIpc) is 3.25. The minimum Gasteiger partial charge on any atom is -0.496 e. The molecule has 4 rings (SSSR count). The van der Waals surface area contributed by atoms with Crippen molar-refractivity contribution in [2.75, 3.05) is 40.0 Å². The van der Waals surface area contributed by atoms with Crippen molar-refractivity contribution in [3.8, 4) is 17.1 Å². The first kappa shape index (κ1) is 23.1. The standard InChI is InChI=1S/C22H24FN5O4S/c1-31-20-7-6-19(28(29)30)14-17(20)15-33-22-25-24-21(16-2-4-18(23)5-3-16)27(22)9-8-26-10-12-32-13-11-26/h2-7,14H,8-13,15H2,1H3. The summed E-state index contributed by atoms with van der Waals surface area (Å²) in [6, 6.07) is 10.7. The molecule has 0 spiro atoms. The van der Waals surface area contributed by atoms with Crippen LogP contribution in [0.15, 0.2) is 47.6 Å². The number of non-ortho nitro benzene ring substituents is 1. The number of morpholine rings is 1. The van der Waals surface area contributed by atoms with Crippen LogP contribution in [0.3, 0.4) is 0 Å². The van der Waals surface area contributed by atoms with Crippen molar-refractivity contribution in [2.24, 2.45) is 0 Å². The van der Waals surface area contributed by atoms with E-state index in [0.29, 0.717) is 47.8 Å². The Morgan fingerprint density at radius 1 is 1.15 bits per heavy atom. The first-order chi connectivity index (χ1) is 16.0. The largest absolute Gasteiger partial charge is 0.496 e. The highest BCUT2D eigenvalue weighted by Crippen LogP contribution is 2.32. The molecule has 0 saturated carbocycles. The van der Waals surface area contributed by atoms with Crippen molar-refractivity contribution in [2.45, 2.75) is 17.5 Å². The molecule has 1 aromatic heterocycles. The number of nitro benzene ring substituents is 1. The summed E-state index contributed by atoms with van der Waals surface area (Å²) in [5, 5.41) is 20.6. The number of benzene rings is 2. The van der Waals surface area contributed by atoms with Crippen molar-refractivity contribution >= 4 is 17.4 Å². The molecule has 0 atom stereocenters. The fourth-order valence-corrected chi connectivity index (χ4v) is 4.55. The summed E-state index contributed by atoms with van der Waals surface area (Å²) in [6.45, 7) is 4.59. The van der Waals surface area contributed by atoms with Crippen LogP contribution in [0.2, 0.25) is 0 Å². The monoisotopic (exact) mass is 473 g/mol. The van der Waals surface area contributed by atoms with Gasteiger partial charge in [0.2, 0.25) is 0 Å². The van der Waals surface area contributed by atoms with Crippen molar-refractivity contribution in [1.29, 1.82) is 0 Å². The molecule has 9 nitrogen and oxygen atoms in total. The Morgan fingerprint density at radius 3 is 2.61 bits per heavy atom. The number of halogens is 1. The Balaban J connectivity index is 1.58. The van der Waals surface area contributed by atoms with E-state index in [4.69, 9.17) is 9.47 Å². The second kappa shape index (κ2) is 10.7. The van der Waals surface area contributed by atoms with Crippen LogP contribution in [-0.2, 0) is 17.0 Å². The SMILES string of the molecule is COc1ccc([N+](=O)[O-])cc1CSc1nnc(-c2ccc(F)cc2)n1CCN1CCOCC1. The van der Waals surface area contributed by atoms with Crippen LogP contribution in [0, 0.1) is 15.9 Å². The molecule has 3 aromatic rings. The summed E-state index contributed by atoms with van der Waals surface area (Å²) in [7, 11) is 1.53. The van der Waals surface area contributed by atoms with E-state index >= 15 is 0 Å². The van der Waals surface area contributed by atoms with E-state index in [-0.39, 0.29) is 11.5 Å². The van der Waals surface area contributed by atoms with Gasteiger partial charge in [-0.15, -0.1) is 10.2 Å². The molecule has 1 fully saturated rings. The lowest BCUT2D eigenvalue weighted by molar-refractivity contribution is -0.384. The third kappa shape index (κ3) is 5.67. The number of aromatic nitrogens is 3. The molecule has 33 heavy (non-hydrogen) atoms. The Labute approximate surface area is 194 Å². The fraction of sp³-hybridized carbons (Fsp3) is 0.364. The molecule has 0 bridgehead atoms. The third-order valence-electron chi connectivity index (χ3n) is 5.39. The molecule has 0 amide bonds. The molecule has 0 unspecified atom stereocenters. The van der Waals surface area contributed by atoms with E-state index in [1.165, 1.54) is 43.1 Å². The van der Waals surface area contributed by atoms with E-state index in [9.17, 15) is 14.5 Å². The first-order valence-electron chi connectivity index (χ1n) is 10.5. The summed E-state index contributed by atoms with van der Waals surface area (Å²) in [5.41, 5.74) is 1.47. The quantitative estimate of drug-likeness (QED) is 0.264. The van der Waals surface area contributed by atoms with Crippen LogP contribution in [0.25, 0.3) is 11.4 Å². The van der Waals surface area contributed by atoms with Crippen LogP contribution in [0.1, 0.15) is 5.56 Å². The maximum Gasteiger partial charge on any atom is 0.270 e. The number of thioether (sulfide) groups is 1. The van der Waals surface area contributed by atoms with Crippen LogP contribution in [-0.4, -0.2) is 64.5 Å². The van der Waals surface area contributed by atoms with Crippen LogP contribution in [0.4, 0.5) is 10.1 Å². The fourth-order valence-electron chi connectivity index (χ4n) is 3.61. The van der Waals surface area contributed by atoms with Crippen molar-refractivity contribution in [1.82, 2.24) is 19.7 Å². The van der Waals surface area contributed by atoms with Crippen molar-refractivity contribution in [3.63, 3.8) is 0 Å². The maximum atomic E-state index is 13.4. The molecule has 174 valence electrons. The Kier molecular flexibility index (Phi) is 7.53. The number of hydrogen-bond donors (Lipinski definition) is 0. The van der Waals surface area contributed by atoms with Crippen LogP contribution in [0.5, 0.6) is 5.75 Å². The smallest absolute Gasteiger partial charge is 0.270 e. The Morgan fingerprint density at radius 2 is 1.91 bits per heavy atom. The van der Waals surface area contributed by atoms with Crippen LogP contribution >= 0.6 is 11.8 Å². The molecular formula is C22H24FN5O4S. The van der Waals surface area contributed by atoms with Crippen molar-refractivity contribution in [3.05, 3.63) is 64.0 Å². The van der Waals surface area contributed by atoms with Gasteiger partial charge in [0.15, 0.2) is 11.0 Å². The zero-order chi connectivity index (χ0) is 23.2. The lowest BCUT2D eigenvalue weighted by atomic mass is 10.2. The first-order valence-corrected chi connectivity index (χ1v) is 11.5. The minimum absolute atomic E-state index is 0.00665. The Hall–Kier alpha value is -3.02. The summed E-state index contributed by atoms with van der Waals surface area (Å²) in [5.74, 6) is 1.33. The molecule has 1 aliphatic heterocycles. The van der Waals surface area contributed by atoms with Gasteiger partial charge in [-0.25, -0.2) is 4.39 Å². The average molecular weight is 474 g/mol. The molecular weight excluding hydrogens is 449 g/mol. The molecule has 0 N–H and O–H groups in total. The molecule has 2 heterocycles.